The Morgan fingerprint density at radius 1 is 1.37 bits per heavy atom. The van der Waals surface area contributed by atoms with Crippen molar-refractivity contribution in [2.45, 2.75) is 12.8 Å². The topological polar surface area (TPSA) is 32.3 Å². The number of amides is 1. The molecule has 0 aliphatic carbocycles. The Bertz CT molecular complexity index is 477. The number of fused-ring (bicyclic) bond motifs is 1. The first-order valence-electron chi connectivity index (χ1n) is 6.95. The van der Waals surface area contributed by atoms with Gasteiger partial charge >= 0.3 is 0 Å². The minimum absolute atomic E-state index is 0.229. The highest BCUT2D eigenvalue weighted by Gasteiger charge is 2.34. The first kappa shape index (κ1) is 12.9. The van der Waals surface area contributed by atoms with E-state index in [0.717, 1.165) is 44.1 Å². The van der Waals surface area contributed by atoms with Crippen molar-refractivity contribution in [2.24, 2.45) is 11.8 Å². The molecule has 2 aliphatic heterocycles. The monoisotopic (exact) mass is 278 g/mol. The molecule has 3 nitrogen and oxygen atoms in total. The number of carbonyl (C=O) groups is 1. The number of hydrogen-bond acceptors (Lipinski definition) is 2. The van der Waals surface area contributed by atoms with E-state index in [9.17, 15) is 4.79 Å². The molecule has 0 spiro atoms. The third kappa shape index (κ3) is 2.93. The number of nitrogens with one attached hydrogen (secondary N) is 1. The summed E-state index contributed by atoms with van der Waals surface area (Å²) in [5.74, 6) is 1.65. The molecule has 2 saturated heterocycles. The molecule has 1 aromatic rings. The average molecular weight is 279 g/mol. The van der Waals surface area contributed by atoms with Crippen molar-refractivity contribution in [3.63, 3.8) is 0 Å². The number of benzene rings is 1. The molecule has 2 heterocycles. The Hall–Kier alpha value is -1.06. The van der Waals surface area contributed by atoms with Gasteiger partial charge in [0.15, 0.2) is 0 Å². The van der Waals surface area contributed by atoms with Crippen LogP contribution >= 0.6 is 11.6 Å². The van der Waals surface area contributed by atoms with Crippen molar-refractivity contribution in [1.29, 1.82) is 0 Å². The molecule has 0 aromatic heterocycles. The summed E-state index contributed by atoms with van der Waals surface area (Å²) in [5, 5.41) is 4.12. The van der Waals surface area contributed by atoms with Crippen molar-refractivity contribution in [1.82, 2.24) is 10.2 Å². The Morgan fingerprint density at radius 3 is 3.05 bits per heavy atom. The average Bonchev–Trinajstić information content (AvgIpc) is 2.85. The highest BCUT2D eigenvalue weighted by atomic mass is 35.5. The maximum absolute atomic E-state index is 12.3. The van der Waals surface area contributed by atoms with Gasteiger partial charge in [-0.1, -0.05) is 23.7 Å². The fourth-order valence-electron chi connectivity index (χ4n) is 3.19. The molecule has 0 unspecified atom stereocenters. The van der Waals surface area contributed by atoms with Crippen LogP contribution in [-0.2, 0) is 11.2 Å². The lowest BCUT2D eigenvalue weighted by molar-refractivity contribution is -0.132. The molecule has 0 radical (unpaired) electrons. The van der Waals surface area contributed by atoms with Gasteiger partial charge < -0.3 is 10.2 Å². The largest absolute Gasteiger partial charge is 0.342 e. The first-order chi connectivity index (χ1) is 9.22. The van der Waals surface area contributed by atoms with Gasteiger partial charge in [0, 0.05) is 18.1 Å². The van der Waals surface area contributed by atoms with Crippen molar-refractivity contribution < 1.29 is 4.79 Å². The van der Waals surface area contributed by atoms with Crippen LogP contribution in [0.25, 0.3) is 0 Å². The molecule has 1 aromatic carbocycles. The first-order valence-corrected chi connectivity index (χ1v) is 7.33. The summed E-state index contributed by atoms with van der Waals surface area (Å²) in [6.45, 7) is 4.01. The summed E-state index contributed by atoms with van der Waals surface area (Å²) in [6.07, 6.45) is 1.60. The predicted octanol–water partition coefficient (Wildman–Crippen LogP) is 1.95. The lowest BCUT2D eigenvalue weighted by atomic mass is 9.88. The quantitative estimate of drug-likeness (QED) is 0.897. The zero-order valence-electron chi connectivity index (χ0n) is 10.9. The number of nitrogens with zero attached hydrogens (tertiary/aromatic N) is 1. The number of carbonyl (C=O) groups excluding carboxylic acids is 1. The van der Waals surface area contributed by atoms with Gasteiger partial charge in [0.05, 0.1) is 6.42 Å². The summed E-state index contributed by atoms with van der Waals surface area (Å²) in [5.41, 5.74) is 1.00. The van der Waals surface area contributed by atoms with Crippen molar-refractivity contribution in [3.05, 3.63) is 34.9 Å². The van der Waals surface area contributed by atoms with E-state index >= 15 is 0 Å². The van der Waals surface area contributed by atoms with E-state index in [1.165, 1.54) is 0 Å². The van der Waals surface area contributed by atoms with E-state index < -0.39 is 0 Å². The number of likely N-dealkylation sites (tertiary alicyclic amines) is 1. The van der Waals surface area contributed by atoms with Crippen molar-refractivity contribution in [3.8, 4) is 0 Å². The van der Waals surface area contributed by atoms with Gasteiger partial charge in [0.2, 0.25) is 5.91 Å². The highest BCUT2D eigenvalue weighted by Crippen LogP contribution is 2.26. The standard InChI is InChI=1S/C15H19ClN2O/c16-14-3-1-2-11(6-14)7-15(19)18-5-4-12-8-17-9-13(12)10-18/h1-3,6,12-13,17H,4-5,7-10H2/t12-,13-/m0/s1. The van der Waals surface area contributed by atoms with Gasteiger partial charge in [-0.2, -0.15) is 0 Å². The molecule has 102 valence electrons. The van der Waals surface area contributed by atoms with Crippen molar-refractivity contribution >= 4 is 17.5 Å². The van der Waals surface area contributed by atoms with E-state index in [1.54, 1.807) is 0 Å². The molecule has 1 amide bonds. The van der Waals surface area contributed by atoms with Crippen LogP contribution in [0.4, 0.5) is 0 Å². The summed E-state index contributed by atoms with van der Waals surface area (Å²) in [4.78, 5) is 14.4. The minimum Gasteiger partial charge on any atom is -0.342 e. The van der Waals surface area contributed by atoms with Crippen molar-refractivity contribution in [2.75, 3.05) is 26.2 Å². The van der Waals surface area contributed by atoms with Gasteiger partial charge in [-0.3, -0.25) is 4.79 Å². The molecule has 0 bridgehead atoms. The van der Waals surface area contributed by atoms with Crippen LogP contribution in [0.2, 0.25) is 5.02 Å². The summed E-state index contributed by atoms with van der Waals surface area (Å²) in [6, 6.07) is 7.58. The van der Waals surface area contributed by atoms with Gasteiger partial charge in [0.25, 0.3) is 0 Å². The molecule has 2 aliphatic rings. The third-order valence-electron chi connectivity index (χ3n) is 4.30. The molecule has 2 atom stereocenters. The van der Waals surface area contributed by atoms with Crippen LogP contribution in [0.5, 0.6) is 0 Å². The normalized spacial score (nSPS) is 26.3. The van der Waals surface area contributed by atoms with Crippen LogP contribution in [-0.4, -0.2) is 37.0 Å². The highest BCUT2D eigenvalue weighted by molar-refractivity contribution is 6.30. The smallest absolute Gasteiger partial charge is 0.227 e. The van der Waals surface area contributed by atoms with Gasteiger partial charge in [-0.05, 0) is 49.0 Å². The summed E-state index contributed by atoms with van der Waals surface area (Å²) in [7, 11) is 0. The Kier molecular flexibility index (Phi) is 3.76. The van der Waals surface area contributed by atoms with Crippen LogP contribution in [0.3, 0.4) is 0 Å². The Labute approximate surface area is 118 Å². The third-order valence-corrected chi connectivity index (χ3v) is 4.54. The molecule has 19 heavy (non-hydrogen) atoms. The zero-order chi connectivity index (χ0) is 13.2. The van der Waals surface area contributed by atoms with Gasteiger partial charge in [0.1, 0.15) is 0 Å². The second kappa shape index (κ2) is 5.51. The molecule has 1 N–H and O–H groups in total. The van der Waals surface area contributed by atoms with E-state index in [0.29, 0.717) is 17.4 Å². The fourth-order valence-corrected chi connectivity index (χ4v) is 3.41. The predicted molar refractivity (Wildman–Crippen MR) is 76.2 cm³/mol. The summed E-state index contributed by atoms with van der Waals surface area (Å²) >= 11 is 5.95. The lowest BCUT2D eigenvalue weighted by Crippen LogP contribution is -2.44. The van der Waals surface area contributed by atoms with Crippen LogP contribution in [0, 0.1) is 11.8 Å². The summed E-state index contributed by atoms with van der Waals surface area (Å²) < 4.78 is 0. The fraction of sp³-hybridized carbons (Fsp3) is 0.533. The van der Waals surface area contributed by atoms with E-state index in [4.69, 9.17) is 11.6 Å². The Balaban J connectivity index is 1.61. The molecule has 4 heteroatoms. The number of rotatable bonds is 2. The zero-order valence-corrected chi connectivity index (χ0v) is 11.7. The van der Waals surface area contributed by atoms with E-state index in [2.05, 4.69) is 5.32 Å². The van der Waals surface area contributed by atoms with Gasteiger partial charge in [-0.25, -0.2) is 0 Å². The van der Waals surface area contributed by atoms with Crippen LogP contribution < -0.4 is 5.32 Å². The maximum Gasteiger partial charge on any atom is 0.227 e. The van der Waals surface area contributed by atoms with E-state index in [1.807, 2.05) is 29.2 Å². The van der Waals surface area contributed by atoms with Crippen LogP contribution in [0.15, 0.2) is 24.3 Å². The van der Waals surface area contributed by atoms with Crippen LogP contribution in [0.1, 0.15) is 12.0 Å². The second-order valence-corrected chi connectivity index (χ2v) is 6.05. The van der Waals surface area contributed by atoms with Gasteiger partial charge in [-0.15, -0.1) is 0 Å². The molecular weight excluding hydrogens is 260 g/mol. The molecule has 2 fully saturated rings. The Morgan fingerprint density at radius 2 is 2.21 bits per heavy atom. The van der Waals surface area contributed by atoms with E-state index in [-0.39, 0.29) is 5.91 Å². The minimum atomic E-state index is 0.229. The maximum atomic E-state index is 12.3. The molecule has 3 rings (SSSR count). The number of hydrogen-bond donors (Lipinski definition) is 1. The molecule has 0 saturated carbocycles. The SMILES string of the molecule is O=C(Cc1cccc(Cl)c1)N1CC[C@H]2CNC[C@H]2C1. The number of halogens is 1. The second-order valence-electron chi connectivity index (χ2n) is 5.61. The number of piperidine rings is 1. The lowest BCUT2D eigenvalue weighted by Gasteiger charge is -2.34. The molecular formula is C15H19ClN2O.